The van der Waals surface area contributed by atoms with Gasteiger partial charge in [-0.2, -0.15) is 0 Å². The van der Waals surface area contributed by atoms with E-state index in [0.717, 1.165) is 17.6 Å². The van der Waals surface area contributed by atoms with Crippen LogP contribution in [0.1, 0.15) is 33.6 Å². The summed E-state index contributed by atoms with van der Waals surface area (Å²) in [6.45, 7) is 6.21. The molecule has 28 heavy (non-hydrogen) atoms. The molecule has 6 nitrogen and oxygen atoms in total. The lowest BCUT2D eigenvalue weighted by Crippen LogP contribution is -2.36. The van der Waals surface area contributed by atoms with E-state index in [0.29, 0.717) is 23.8 Å². The third-order valence-electron chi connectivity index (χ3n) is 3.73. The van der Waals surface area contributed by atoms with Crippen LogP contribution in [-0.2, 0) is 19.0 Å². The first-order chi connectivity index (χ1) is 13.5. The number of hydrogen-bond acceptors (Lipinski definition) is 5. The Morgan fingerprint density at radius 2 is 2.25 bits per heavy atom. The van der Waals surface area contributed by atoms with Crippen molar-refractivity contribution in [2.24, 2.45) is 4.99 Å². The van der Waals surface area contributed by atoms with E-state index in [1.165, 1.54) is 6.26 Å². The van der Waals surface area contributed by atoms with Crippen LogP contribution in [0.5, 0.6) is 0 Å². The summed E-state index contributed by atoms with van der Waals surface area (Å²) in [4.78, 5) is 16.4. The molecule has 0 aromatic heterocycles. The van der Waals surface area contributed by atoms with Gasteiger partial charge in [-0.25, -0.2) is 0 Å². The summed E-state index contributed by atoms with van der Waals surface area (Å²) in [6, 6.07) is 0. The zero-order valence-corrected chi connectivity index (χ0v) is 17.7. The third kappa shape index (κ3) is 9.46. The molecule has 1 aliphatic heterocycles. The zero-order valence-electron chi connectivity index (χ0n) is 16.9. The van der Waals surface area contributed by atoms with Crippen LogP contribution in [0.15, 0.2) is 63.8 Å². The van der Waals surface area contributed by atoms with Gasteiger partial charge in [0.05, 0.1) is 17.1 Å². The quantitative estimate of drug-likeness (QED) is 0.349. The van der Waals surface area contributed by atoms with Crippen molar-refractivity contribution in [1.29, 1.82) is 0 Å². The molecule has 0 fully saturated rings. The molecule has 1 N–H and O–H groups in total. The van der Waals surface area contributed by atoms with Gasteiger partial charge in [0.25, 0.3) is 5.91 Å². The van der Waals surface area contributed by atoms with Gasteiger partial charge < -0.3 is 19.5 Å². The molecule has 1 atom stereocenters. The van der Waals surface area contributed by atoms with Crippen molar-refractivity contribution in [3.63, 3.8) is 0 Å². The second kappa shape index (κ2) is 13.7. The third-order valence-corrected chi connectivity index (χ3v) is 3.93. The van der Waals surface area contributed by atoms with Gasteiger partial charge in [0.2, 0.25) is 6.79 Å². The molecule has 7 heteroatoms. The van der Waals surface area contributed by atoms with Gasteiger partial charge in [-0.15, -0.1) is 0 Å². The molecule has 0 bridgehead atoms. The lowest BCUT2D eigenvalue weighted by atomic mass is 10.2. The summed E-state index contributed by atoms with van der Waals surface area (Å²) in [5.74, 6) is 0.488. The smallest absolute Gasteiger partial charge is 0.261 e. The van der Waals surface area contributed by atoms with Gasteiger partial charge in [0.1, 0.15) is 6.26 Å². The Labute approximate surface area is 172 Å². The molecule has 0 saturated carbocycles. The predicted octanol–water partition coefficient (Wildman–Crippen LogP) is 4.36. The fourth-order valence-electron chi connectivity index (χ4n) is 2.25. The normalized spacial score (nSPS) is 17.9. The van der Waals surface area contributed by atoms with Crippen molar-refractivity contribution in [3.8, 4) is 0 Å². The number of aliphatic imine (C=N–C) groups is 1. The van der Waals surface area contributed by atoms with Gasteiger partial charge in [0, 0.05) is 19.8 Å². The highest BCUT2D eigenvalue weighted by Gasteiger charge is 2.16. The Balaban J connectivity index is 2.69. The summed E-state index contributed by atoms with van der Waals surface area (Å²) < 4.78 is 16.1. The number of ether oxygens (including phenoxy) is 3. The van der Waals surface area contributed by atoms with Crippen LogP contribution in [-0.4, -0.2) is 38.6 Å². The van der Waals surface area contributed by atoms with Crippen LogP contribution in [0, 0.1) is 0 Å². The first kappa shape index (κ1) is 23.6. The monoisotopic (exact) mass is 408 g/mol. The summed E-state index contributed by atoms with van der Waals surface area (Å²) in [7, 11) is 1.70. The Hall–Kier alpha value is -2.47. The number of hydrogen-bond donors (Lipinski definition) is 1. The number of amides is 1. The summed E-state index contributed by atoms with van der Waals surface area (Å²) in [5, 5.41) is 3.28. The van der Waals surface area contributed by atoms with Gasteiger partial charge in [0.15, 0.2) is 6.10 Å². The van der Waals surface area contributed by atoms with Gasteiger partial charge in [-0.3, -0.25) is 9.79 Å². The van der Waals surface area contributed by atoms with Crippen molar-refractivity contribution in [3.05, 3.63) is 58.8 Å². The van der Waals surface area contributed by atoms with Crippen LogP contribution < -0.4 is 5.32 Å². The molecule has 0 saturated heterocycles. The summed E-state index contributed by atoms with van der Waals surface area (Å²) >= 11 is 6.18. The van der Waals surface area contributed by atoms with Gasteiger partial charge in [-0.05, 0) is 49.1 Å². The fourth-order valence-corrected chi connectivity index (χ4v) is 2.44. The van der Waals surface area contributed by atoms with Gasteiger partial charge in [-0.1, -0.05) is 31.5 Å². The highest BCUT2D eigenvalue weighted by molar-refractivity contribution is 6.31. The van der Waals surface area contributed by atoms with E-state index in [-0.39, 0.29) is 12.7 Å². The minimum Gasteiger partial charge on any atom is -0.487 e. The van der Waals surface area contributed by atoms with E-state index < -0.39 is 6.10 Å². The molecule has 154 valence electrons. The molecular formula is C21H29ClN2O4. The van der Waals surface area contributed by atoms with Crippen LogP contribution in [0.25, 0.3) is 0 Å². The Morgan fingerprint density at radius 1 is 1.46 bits per heavy atom. The highest BCUT2D eigenvalue weighted by atomic mass is 35.5. The van der Waals surface area contributed by atoms with E-state index in [2.05, 4.69) is 10.3 Å². The lowest BCUT2D eigenvalue weighted by Gasteiger charge is -2.15. The SMILES string of the molecule is CC/C(C=NC)=C/C(Cl)=C/OC(CC)C(=O)NCC1=C/C=C/OCOC(C)=C1. The maximum Gasteiger partial charge on any atom is 0.261 e. The number of nitrogens with one attached hydrogen (secondary N) is 1. The molecule has 0 aliphatic carbocycles. The van der Waals surface area contributed by atoms with Crippen molar-refractivity contribution < 1.29 is 19.0 Å². The van der Waals surface area contributed by atoms with E-state index in [9.17, 15) is 4.79 Å². The zero-order chi connectivity index (χ0) is 20.8. The molecule has 0 aromatic rings. The number of allylic oxidation sites excluding steroid dienone is 6. The molecule has 1 rings (SSSR count). The summed E-state index contributed by atoms with van der Waals surface area (Å²) in [6.07, 6.45) is 12.6. The predicted molar refractivity (Wildman–Crippen MR) is 113 cm³/mol. The first-order valence-electron chi connectivity index (χ1n) is 9.20. The van der Waals surface area contributed by atoms with E-state index in [4.69, 9.17) is 25.8 Å². The molecule has 1 aliphatic rings. The lowest BCUT2D eigenvalue weighted by molar-refractivity contribution is -0.129. The number of rotatable bonds is 9. The van der Waals surface area contributed by atoms with Crippen LogP contribution in [0.4, 0.5) is 0 Å². The summed E-state index contributed by atoms with van der Waals surface area (Å²) in [5.41, 5.74) is 1.85. The molecule has 0 spiro atoms. The number of nitrogens with zero attached hydrogens (tertiary/aromatic N) is 1. The second-order valence-corrected chi connectivity index (χ2v) is 6.40. The molecular weight excluding hydrogens is 380 g/mol. The van der Waals surface area contributed by atoms with Crippen molar-refractivity contribution in [2.75, 3.05) is 20.4 Å². The fraction of sp³-hybridized carbons (Fsp3) is 0.429. The van der Waals surface area contributed by atoms with Crippen molar-refractivity contribution in [1.82, 2.24) is 5.32 Å². The topological polar surface area (TPSA) is 69.2 Å². The second-order valence-electron chi connectivity index (χ2n) is 5.97. The molecule has 0 aromatic carbocycles. The Morgan fingerprint density at radius 3 is 2.93 bits per heavy atom. The van der Waals surface area contributed by atoms with E-state index in [1.807, 2.05) is 32.9 Å². The van der Waals surface area contributed by atoms with Crippen molar-refractivity contribution in [2.45, 2.75) is 39.7 Å². The van der Waals surface area contributed by atoms with Crippen LogP contribution in [0.3, 0.4) is 0 Å². The molecule has 1 amide bonds. The van der Waals surface area contributed by atoms with Crippen molar-refractivity contribution >= 4 is 23.7 Å². The number of carbonyl (C=O) groups excluding carboxylic acids is 1. The number of carbonyl (C=O) groups is 1. The maximum absolute atomic E-state index is 12.4. The van der Waals surface area contributed by atoms with Crippen LogP contribution >= 0.6 is 11.6 Å². The highest BCUT2D eigenvalue weighted by Crippen LogP contribution is 2.12. The molecule has 1 unspecified atom stereocenters. The molecule has 1 heterocycles. The standard InChI is InChI=1S/C21H29ClN2O4/c1-5-17(12-23-4)11-19(22)14-27-20(6-2)21(25)24-13-18-8-7-9-26-15-28-16(3)10-18/h7-12,14,20H,5-6,13,15H2,1-4H3,(H,24,25)/b9-7+,16-10?,17-11-,18-8?,19-14-,23-12?. The van der Waals surface area contributed by atoms with Gasteiger partial charge >= 0.3 is 0 Å². The molecule has 0 radical (unpaired) electrons. The van der Waals surface area contributed by atoms with E-state index in [1.54, 1.807) is 31.7 Å². The Bertz CT molecular complexity index is 691. The average Bonchev–Trinajstić information content (AvgIpc) is 2.78. The average molecular weight is 409 g/mol. The largest absolute Gasteiger partial charge is 0.487 e. The van der Waals surface area contributed by atoms with E-state index >= 15 is 0 Å². The maximum atomic E-state index is 12.4. The first-order valence-corrected chi connectivity index (χ1v) is 9.57. The minimum absolute atomic E-state index is 0.156. The minimum atomic E-state index is -0.635. The Kier molecular flexibility index (Phi) is 11.5. The van der Waals surface area contributed by atoms with Crippen LogP contribution in [0.2, 0.25) is 0 Å². The number of halogens is 1.